The maximum atomic E-state index is 4.08. The van der Waals surface area contributed by atoms with E-state index in [4.69, 9.17) is 0 Å². The predicted octanol–water partition coefficient (Wildman–Crippen LogP) is 1.41. The fourth-order valence-electron chi connectivity index (χ4n) is 0.590. The predicted molar refractivity (Wildman–Crippen MR) is 31.7 cm³/mol. The summed E-state index contributed by atoms with van der Waals surface area (Å²) in [4.78, 5) is 4.08. The van der Waals surface area contributed by atoms with Gasteiger partial charge in [0.25, 0.3) is 0 Å². The first-order chi connectivity index (χ1) is 3.50. The molecule has 1 rings (SSSR count). The van der Waals surface area contributed by atoms with Crippen LogP contribution in [0.4, 0.5) is 0 Å². The lowest BCUT2D eigenvalue weighted by Gasteiger charge is -1.77. The number of nitrogens with zero attached hydrogens (tertiary/aromatic N) is 1. The number of aliphatic imine (C=N–C) groups is 1. The molecule has 7 heavy (non-hydrogen) atoms. The van der Waals surface area contributed by atoms with Gasteiger partial charge >= 0.3 is 0 Å². The van der Waals surface area contributed by atoms with E-state index in [0.29, 0.717) is 0 Å². The van der Waals surface area contributed by atoms with E-state index in [1.807, 2.05) is 6.21 Å². The van der Waals surface area contributed by atoms with Crippen LogP contribution in [0.2, 0.25) is 0 Å². The Labute approximate surface area is 43.8 Å². The van der Waals surface area contributed by atoms with Crippen LogP contribution in [-0.2, 0) is 0 Å². The second-order valence-electron chi connectivity index (χ2n) is 1.58. The lowest BCUT2D eigenvalue weighted by molar-refractivity contribution is 1.02. The topological polar surface area (TPSA) is 12.4 Å². The molecule has 0 aliphatic carbocycles. The first-order valence-corrected chi connectivity index (χ1v) is 2.63. The van der Waals surface area contributed by atoms with Crippen molar-refractivity contribution < 1.29 is 0 Å². The molecule has 1 aliphatic heterocycles. The van der Waals surface area contributed by atoms with Gasteiger partial charge in [0.2, 0.25) is 0 Å². The number of hydrogen-bond acceptors (Lipinski definition) is 1. The van der Waals surface area contributed by atoms with E-state index in [0.717, 1.165) is 19.4 Å². The summed E-state index contributed by atoms with van der Waals surface area (Å²) in [5.41, 5.74) is 0. The molecule has 0 saturated carbocycles. The minimum absolute atomic E-state index is 0.983. The Kier molecular flexibility index (Phi) is 1.67. The van der Waals surface area contributed by atoms with Gasteiger partial charge in [-0.3, -0.25) is 4.99 Å². The average molecular weight is 95.1 g/mol. The normalized spacial score (nSPS) is 19.4. The van der Waals surface area contributed by atoms with E-state index in [9.17, 15) is 0 Å². The minimum Gasteiger partial charge on any atom is -0.297 e. The number of hydrogen-bond donors (Lipinski definition) is 0. The van der Waals surface area contributed by atoms with Gasteiger partial charge in [-0.1, -0.05) is 12.2 Å². The van der Waals surface area contributed by atoms with E-state index >= 15 is 0 Å². The van der Waals surface area contributed by atoms with Gasteiger partial charge in [-0.05, 0) is 6.42 Å². The molecule has 1 heteroatoms. The lowest BCUT2D eigenvalue weighted by Crippen LogP contribution is -1.71. The van der Waals surface area contributed by atoms with Gasteiger partial charge in [0, 0.05) is 19.2 Å². The summed E-state index contributed by atoms with van der Waals surface area (Å²) in [6, 6.07) is 0. The van der Waals surface area contributed by atoms with Crippen molar-refractivity contribution in [3.8, 4) is 0 Å². The monoisotopic (exact) mass is 95.1 g/mol. The highest BCUT2D eigenvalue weighted by molar-refractivity contribution is 5.59. The molecular weight excluding hydrogens is 86.1 g/mol. The van der Waals surface area contributed by atoms with Crippen molar-refractivity contribution in [3.05, 3.63) is 12.2 Å². The third-order valence-corrected chi connectivity index (χ3v) is 0.962. The van der Waals surface area contributed by atoms with Crippen LogP contribution in [0.3, 0.4) is 0 Å². The Morgan fingerprint density at radius 2 is 2.29 bits per heavy atom. The minimum atomic E-state index is 0.983. The van der Waals surface area contributed by atoms with Gasteiger partial charge in [0.05, 0.1) is 0 Å². The first-order valence-electron chi connectivity index (χ1n) is 2.63. The molecule has 0 bridgehead atoms. The molecule has 0 saturated heterocycles. The highest BCUT2D eigenvalue weighted by Crippen LogP contribution is 1.90. The summed E-state index contributed by atoms with van der Waals surface area (Å²) in [5.74, 6) is 0. The summed E-state index contributed by atoms with van der Waals surface area (Å²) in [6.07, 6.45) is 8.43. The Hall–Kier alpha value is -0.590. The molecule has 0 fully saturated rings. The Balaban J connectivity index is 2.38. The van der Waals surface area contributed by atoms with Crippen LogP contribution in [0.1, 0.15) is 12.8 Å². The summed E-state index contributed by atoms with van der Waals surface area (Å²) in [5, 5.41) is 0. The largest absolute Gasteiger partial charge is 0.297 e. The van der Waals surface area contributed by atoms with Crippen LogP contribution >= 0.6 is 0 Å². The molecule has 38 valence electrons. The second-order valence-corrected chi connectivity index (χ2v) is 1.58. The number of allylic oxidation sites excluding steroid dienone is 1. The molecule has 0 amide bonds. The second kappa shape index (κ2) is 2.56. The molecule has 0 atom stereocenters. The summed E-state index contributed by atoms with van der Waals surface area (Å²) < 4.78 is 0. The molecule has 0 aromatic rings. The average Bonchev–Trinajstić information content (AvgIpc) is 1.90. The van der Waals surface area contributed by atoms with Gasteiger partial charge in [-0.25, -0.2) is 0 Å². The van der Waals surface area contributed by atoms with Crippen molar-refractivity contribution in [2.24, 2.45) is 4.99 Å². The smallest absolute Gasteiger partial charge is 0.0420 e. The molecule has 1 heterocycles. The van der Waals surface area contributed by atoms with Gasteiger partial charge in [0.1, 0.15) is 0 Å². The fraction of sp³-hybridized carbons (Fsp3) is 0.500. The van der Waals surface area contributed by atoms with Gasteiger partial charge in [-0.15, -0.1) is 0 Å². The standard InChI is InChI=1S/C6H9N/c1-2-4-6-7-5-3-1/h1-2,5H,3-4,6H2. The van der Waals surface area contributed by atoms with Crippen molar-refractivity contribution in [1.29, 1.82) is 0 Å². The third kappa shape index (κ3) is 1.53. The van der Waals surface area contributed by atoms with Gasteiger partial charge in [-0.2, -0.15) is 0 Å². The molecule has 0 spiro atoms. The Morgan fingerprint density at radius 3 is 3.29 bits per heavy atom. The van der Waals surface area contributed by atoms with Gasteiger partial charge < -0.3 is 0 Å². The number of rotatable bonds is 0. The van der Waals surface area contributed by atoms with Crippen molar-refractivity contribution in [3.63, 3.8) is 0 Å². The molecule has 0 aromatic carbocycles. The van der Waals surface area contributed by atoms with Crippen LogP contribution in [0, 0.1) is 0 Å². The van der Waals surface area contributed by atoms with Crippen LogP contribution in [-0.4, -0.2) is 12.8 Å². The van der Waals surface area contributed by atoms with Crippen LogP contribution in [0.25, 0.3) is 0 Å². The van der Waals surface area contributed by atoms with E-state index in [1.165, 1.54) is 0 Å². The fourth-order valence-corrected chi connectivity index (χ4v) is 0.590. The summed E-state index contributed by atoms with van der Waals surface area (Å²) in [6.45, 7) is 0.983. The first kappa shape index (κ1) is 4.57. The zero-order valence-electron chi connectivity index (χ0n) is 4.30. The highest BCUT2D eigenvalue weighted by Gasteiger charge is 1.80. The van der Waals surface area contributed by atoms with Crippen LogP contribution in [0.5, 0.6) is 0 Å². The van der Waals surface area contributed by atoms with Gasteiger partial charge in [0.15, 0.2) is 0 Å². The molecule has 0 unspecified atom stereocenters. The zero-order chi connectivity index (χ0) is 4.95. The SMILES string of the molecule is C1=CCCN=CC1. The maximum Gasteiger partial charge on any atom is 0.0420 e. The quantitative estimate of drug-likeness (QED) is 0.403. The van der Waals surface area contributed by atoms with Crippen molar-refractivity contribution in [1.82, 2.24) is 0 Å². The van der Waals surface area contributed by atoms with E-state index in [1.54, 1.807) is 0 Å². The van der Waals surface area contributed by atoms with Crippen molar-refractivity contribution in [2.45, 2.75) is 12.8 Å². The summed E-state index contributed by atoms with van der Waals surface area (Å²) >= 11 is 0. The van der Waals surface area contributed by atoms with Crippen LogP contribution < -0.4 is 0 Å². The zero-order valence-corrected chi connectivity index (χ0v) is 4.30. The molecule has 0 N–H and O–H groups in total. The molecule has 0 aromatic heterocycles. The van der Waals surface area contributed by atoms with Crippen LogP contribution in [0.15, 0.2) is 17.1 Å². The van der Waals surface area contributed by atoms with E-state index in [-0.39, 0.29) is 0 Å². The van der Waals surface area contributed by atoms with Crippen molar-refractivity contribution in [2.75, 3.05) is 6.54 Å². The van der Waals surface area contributed by atoms with E-state index < -0.39 is 0 Å². The molecule has 0 radical (unpaired) electrons. The third-order valence-electron chi connectivity index (χ3n) is 0.962. The highest BCUT2D eigenvalue weighted by atomic mass is 14.7. The molecule has 1 nitrogen and oxygen atoms in total. The maximum absolute atomic E-state index is 4.08. The Bertz CT molecular complexity index is 80.4. The lowest BCUT2D eigenvalue weighted by atomic mass is 10.4. The van der Waals surface area contributed by atoms with E-state index in [2.05, 4.69) is 17.1 Å². The Morgan fingerprint density at radius 1 is 1.29 bits per heavy atom. The molecule has 1 aliphatic rings. The molecular formula is C6H9N. The summed E-state index contributed by atoms with van der Waals surface area (Å²) in [7, 11) is 0. The van der Waals surface area contributed by atoms with Crippen molar-refractivity contribution >= 4 is 6.21 Å².